The summed E-state index contributed by atoms with van der Waals surface area (Å²) < 4.78 is 12.1. The van der Waals surface area contributed by atoms with Crippen LogP contribution in [0, 0.1) is 0 Å². The Morgan fingerprint density at radius 3 is 2.50 bits per heavy atom. The molecule has 0 aliphatic rings. The second-order valence-corrected chi connectivity index (χ2v) is 6.92. The van der Waals surface area contributed by atoms with Gasteiger partial charge in [-0.05, 0) is 70.9 Å². The standard InChI is InChI=1S/C21H20BrNO3/c1-14(2)26-17-10-8-16(9-11-17)23-20(24)13-25-19-12-7-15-5-3-4-6-18(15)21(19)22/h3-12,14H,13H2,1-2H3,(H,23,24). The molecule has 0 radical (unpaired) electrons. The van der Waals surface area contributed by atoms with Crippen LogP contribution in [0.4, 0.5) is 5.69 Å². The first-order chi connectivity index (χ1) is 12.5. The lowest BCUT2D eigenvalue weighted by atomic mass is 10.1. The average molecular weight is 414 g/mol. The number of carbonyl (C=O) groups is 1. The van der Waals surface area contributed by atoms with E-state index < -0.39 is 0 Å². The number of ether oxygens (including phenoxy) is 2. The molecule has 5 heteroatoms. The van der Waals surface area contributed by atoms with E-state index in [4.69, 9.17) is 9.47 Å². The van der Waals surface area contributed by atoms with Gasteiger partial charge < -0.3 is 14.8 Å². The highest BCUT2D eigenvalue weighted by Gasteiger charge is 2.09. The zero-order valence-corrected chi connectivity index (χ0v) is 16.2. The van der Waals surface area contributed by atoms with Crippen LogP contribution in [0.1, 0.15) is 13.8 Å². The fourth-order valence-corrected chi connectivity index (χ4v) is 3.16. The van der Waals surface area contributed by atoms with Crippen molar-refractivity contribution >= 4 is 38.3 Å². The topological polar surface area (TPSA) is 47.6 Å². The normalized spacial score (nSPS) is 10.8. The van der Waals surface area contributed by atoms with Crippen molar-refractivity contribution in [2.45, 2.75) is 20.0 Å². The lowest BCUT2D eigenvalue weighted by molar-refractivity contribution is -0.118. The van der Waals surface area contributed by atoms with Gasteiger partial charge in [0.2, 0.25) is 0 Å². The smallest absolute Gasteiger partial charge is 0.262 e. The van der Waals surface area contributed by atoms with Gasteiger partial charge in [-0.15, -0.1) is 0 Å². The van der Waals surface area contributed by atoms with E-state index >= 15 is 0 Å². The van der Waals surface area contributed by atoms with Gasteiger partial charge in [0.05, 0.1) is 10.6 Å². The van der Waals surface area contributed by atoms with Gasteiger partial charge in [0, 0.05) is 5.69 Å². The number of hydrogen-bond donors (Lipinski definition) is 1. The van der Waals surface area contributed by atoms with Crippen molar-refractivity contribution < 1.29 is 14.3 Å². The molecular formula is C21H20BrNO3. The number of benzene rings is 3. The summed E-state index contributed by atoms with van der Waals surface area (Å²) in [6.45, 7) is 3.87. The molecule has 0 unspecified atom stereocenters. The molecule has 4 nitrogen and oxygen atoms in total. The Bertz CT molecular complexity index is 907. The molecule has 0 saturated heterocycles. The van der Waals surface area contributed by atoms with Gasteiger partial charge in [-0.2, -0.15) is 0 Å². The van der Waals surface area contributed by atoms with Crippen LogP contribution in [0.3, 0.4) is 0 Å². The monoisotopic (exact) mass is 413 g/mol. The zero-order chi connectivity index (χ0) is 18.5. The molecule has 3 aromatic carbocycles. The van der Waals surface area contributed by atoms with Crippen molar-refractivity contribution in [1.29, 1.82) is 0 Å². The highest BCUT2D eigenvalue weighted by Crippen LogP contribution is 2.33. The molecule has 0 aliphatic carbocycles. The fraction of sp³-hybridized carbons (Fsp3) is 0.190. The molecule has 0 aromatic heterocycles. The van der Waals surface area contributed by atoms with E-state index in [9.17, 15) is 4.79 Å². The number of carbonyl (C=O) groups excluding carboxylic acids is 1. The van der Waals surface area contributed by atoms with Crippen LogP contribution in [-0.4, -0.2) is 18.6 Å². The largest absolute Gasteiger partial charge is 0.491 e. The molecule has 134 valence electrons. The molecule has 0 atom stereocenters. The van der Waals surface area contributed by atoms with Crippen molar-refractivity contribution in [2.75, 3.05) is 11.9 Å². The summed E-state index contributed by atoms with van der Waals surface area (Å²) >= 11 is 3.56. The van der Waals surface area contributed by atoms with Crippen molar-refractivity contribution in [3.05, 3.63) is 65.1 Å². The summed E-state index contributed by atoms with van der Waals surface area (Å²) in [7, 11) is 0. The summed E-state index contributed by atoms with van der Waals surface area (Å²) in [5.41, 5.74) is 0.701. The van der Waals surface area contributed by atoms with Crippen molar-refractivity contribution in [3.63, 3.8) is 0 Å². The van der Waals surface area contributed by atoms with E-state index in [-0.39, 0.29) is 18.6 Å². The van der Waals surface area contributed by atoms with Crippen molar-refractivity contribution in [1.82, 2.24) is 0 Å². The van der Waals surface area contributed by atoms with Crippen LogP contribution in [0.15, 0.2) is 65.1 Å². The molecule has 26 heavy (non-hydrogen) atoms. The molecular weight excluding hydrogens is 394 g/mol. The lowest BCUT2D eigenvalue weighted by Crippen LogP contribution is -2.20. The van der Waals surface area contributed by atoms with Crippen LogP contribution in [0.2, 0.25) is 0 Å². The molecule has 3 rings (SSSR count). The Hall–Kier alpha value is -2.53. The van der Waals surface area contributed by atoms with E-state index in [0.717, 1.165) is 21.0 Å². The van der Waals surface area contributed by atoms with Gasteiger partial charge in [-0.3, -0.25) is 4.79 Å². The molecule has 0 spiro atoms. The highest BCUT2D eigenvalue weighted by atomic mass is 79.9. The van der Waals surface area contributed by atoms with Crippen molar-refractivity contribution in [3.8, 4) is 11.5 Å². The van der Waals surface area contributed by atoms with E-state index in [1.807, 2.05) is 74.5 Å². The molecule has 0 aliphatic heterocycles. The van der Waals surface area contributed by atoms with Gasteiger partial charge in [0.25, 0.3) is 5.91 Å². The molecule has 3 aromatic rings. The number of anilines is 1. The number of amides is 1. The lowest BCUT2D eigenvalue weighted by Gasteiger charge is -2.12. The van der Waals surface area contributed by atoms with Crippen LogP contribution < -0.4 is 14.8 Å². The molecule has 0 bridgehead atoms. The van der Waals surface area contributed by atoms with Gasteiger partial charge in [0.1, 0.15) is 11.5 Å². The van der Waals surface area contributed by atoms with Gasteiger partial charge in [-0.25, -0.2) is 0 Å². The predicted octanol–water partition coefficient (Wildman–Crippen LogP) is 5.41. The number of fused-ring (bicyclic) bond motifs is 1. The van der Waals surface area contributed by atoms with Gasteiger partial charge in [-0.1, -0.05) is 30.3 Å². The molecule has 0 heterocycles. The third-order valence-corrected chi connectivity index (χ3v) is 4.51. The maximum atomic E-state index is 12.1. The first-order valence-corrected chi connectivity index (χ1v) is 9.19. The highest BCUT2D eigenvalue weighted by molar-refractivity contribution is 9.10. The molecule has 0 saturated carbocycles. The van der Waals surface area contributed by atoms with Crippen LogP contribution >= 0.6 is 15.9 Å². The van der Waals surface area contributed by atoms with Gasteiger partial charge >= 0.3 is 0 Å². The third-order valence-electron chi connectivity index (χ3n) is 3.70. The van der Waals surface area contributed by atoms with Gasteiger partial charge in [0.15, 0.2) is 6.61 Å². The maximum Gasteiger partial charge on any atom is 0.262 e. The van der Waals surface area contributed by atoms with E-state index in [1.165, 1.54) is 0 Å². The molecule has 1 N–H and O–H groups in total. The first kappa shape index (κ1) is 18.3. The summed E-state index contributed by atoms with van der Waals surface area (Å²) in [4.78, 5) is 12.1. The molecule has 0 fully saturated rings. The third kappa shape index (κ3) is 4.55. The van der Waals surface area contributed by atoms with E-state index in [1.54, 1.807) is 0 Å². The first-order valence-electron chi connectivity index (χ1n) is 8.39. The Labute approximate surface area is 161 Å². The van der Waals surface area contributed by atoms with Crippen LogP contribution in [0.25, 0.3) is 10.8 Å². The Kier molecular flexibility index (Phi) is 5.78. The number of hydrogen-bond acceptors (Lipinski definition) is 3. The number of rotatable bonds is 6. The Morgan fingerprint density at radius 1 is 1.04 bits per heavy atom. The van der Waals surface area contributed by atoms with Crippen LogP contribution in [0.5, 0.6) is 11.5 Å². The van der Waals surface area contributed by atoms with E-state index in [0.29, 0.717) is 11.4 Å². The average Bonchev–Trinajstić information content (AvgIpc) is 2.63. The summed E-state index contributed by atoms with van der Waals surface area (Å²) in [6.07, 6.45) is 0.115. The minimum absolute atomic E-state index is 0.0683. The van der Waals surface area contributed by atoms with Crippen LogP contribution in [-0.2, 0) is 4.79 Å². The maximum absolute atomic E-state index is 12.1. The van der Waals surface area contributed by atoms with Crippen molar-refractivity contribution in [2.24, 2.45) is 0 Å². The second kappa shape index (κ2) is 8.23. The summed E-state index contributed by atoms with van der Waals surface area (Å²) in [5.74, 6) is 1.19. The minimum Gasteiger partial charge on any atom is -0.491 e. The zero-order valence-electron chi connectivity index (χ0n) is 14.7. The second-order valence-electron chi connectivity index (χ2n) is 6.13. The number of nitrogens with one attached hydrogen (secondary N) is 1. The quantitative estimate of drug-likeness (QED) is 0.587. The summed E-state index contributed by atoms with van der Waals surface area (Å²) in [6, 6.07) is 19.1. The Balaban J connectivity index is 1.60. The summed E-state index contributed by atoms with van der Waals surface area (Å²) in [5, 5.41) is 4.97. The molecule has 1 amide bonds. The Morgan fingerprint density at radius 2 is 1.77 bits per heavy atom. The SMILES string of the molecule is CC(C)Oc1ccc(NC(=O)COc2ccc3ccccc3c2Br)cc1. The van der Waals surface area contributed by atoms with E-state index in [2.05, 4.69) is 21.2 Å². The predicted molar refractivity (Wildman–Crippen MR) is 108 cm³/mol. The number of halogens is 1. The minimum atomic E-state index is -0.220. The fourth-order valence-electron chi connectivity index (χ4n) is 2.55.